The van der Waals surface area contributed by atoms with Gasteiger partial charge in [0.05, 0.1) is 17.1 Å². The number of amides is 2. The zero-order valence-corrected chi connectivity index (χ0v) is 15.1. The monoisotopic (exact) mass is 394 g/mol. The Morgan fingerprint density at radius 2 is 1.78 bits per heavy atom. The Bertz CT molecular complexity index is 742. The van der Waals surface area contributed by atoms with Crippen molar-refractivity contribution in [1.82, 2.24) is 5.32 Å². The van der Waals surface area contributed by atoms with Crippen molar-refractivity contribution in [3.63, 3.8) is 0 Å². The molecule has 0 unspecified atom stereocenters. The zero-order valence-electron chi connectivity index (χ0n) is 12.7. The molecular weight excluding hydrogens is 380 g/mol. The summed E-state index contributed by atoms with van der Waals surface area (Å²) in [7, 11) is 0. The summed E-state index contributed by atoms with van der Waals surface area (Å²) in [6, 6.07) is 10.7. The van der Waals surface area contributed by atoms with E-state index in [1.807, 2.05) is 32.0 Å². The molecule has 0 spiro atoms. The number of aryl methyl sites for hydroxylation is 2. The van der Waals surface area contributed by atoms with Crippen molar-refractivity contribution >= 4 is 45.0 Å². The first kappa shape index (κ1) is 17.5. The molecule has 2 rings (SSSR count). The largest absolute Gasteiger partial charge is 0.343 e. The van der Waals surface area contributed by atoms with E-state index in [2.05, 4.69) is 26.6 Å². The number of anilines is 1. The van der Waals surface area contributed by atoms with Gasteiger partial charge in [-0.25, -0.2) is 0 Å². The van der Waals surface area contributed by atoms with E-state index in [0.717, 1.165) is 21.3 Å². The van der Waals surface area contributed by atoms with Gasteiger partial charge in [0, 0.05) is 10.2 Å². The molecule has 120 valence electrons. The molecule has 0 saturated heterocycles. The smallest absolute Gasteiger partial charge is 0.253 e. The van der Waals surface area contributed by atoms with Crippen molar-refractivity contribution in [1.29, 1.82) is 0 Å². The summed E-state index contributed by atoms with van der Waals surface area (Å²) < 4.78 is 0.743. The summed E-state index contributed by atoms with van der Waals surface area (Å²) in [5.74, 6) is -0.685. The van der Waals surface area contributed by atoms with Gasteiger partial charge in [-0.3, -0.25) is 9.59 Å². The molecule has 2 N–H and O–H groups in total. The van der Waals surface area contributed by atoms with Crippen LogP contribution in [-0.4, -0.2) is 18.4 Å². The first-order valence-electron chi connectivity index (χ1n) is 6.98. The third kappa shape index (κ3) is 4.56. The Kier molecular flexibility index (Phi) is 5.80. The number of para-hydroxylation sites is 1. The molecule has 0 aromatic heterocycles. The molecule has 6 heteroatoms. The molecule has 0 aliphatic rings. The van der Waals surface area contributed by atoms with Gasteiger partial charge in [0.25, 0.3) is 5.91 Å². The lowest BCUT2D eigenvalue weighted by atomic mass is 10.1. The zero-order chi connectivity index (χ0) is 17.0. The fourth-order valence-electron chi connectivity index (χ4n) is 2.12. The van der Waals surface area contributed by atoms with Gasteiger partial charge in [0.2, 0.25) is 5.91 Å². The number of hydrogen-bond donors (Lipinski definition) is 2. The number of hydrogen-bond acceptors (Lipinski definition) is 2. The molecule has 23 heavy (non-hydrogen) atoms. The van der Waals surface area contributed by atoms with Crippen LogP contribution < -0.4 is 10.6 Å². The fraction of sp³-hybridized carbons (Fsp3) is 0.176. The third-order valence-electron chi connectivity index (χ3n) is 3.33. The molecule has 0 aliphatic heterocycles. The van der Waals surface area contributed by atoms with Gasteiger partial charge in [-0.15, -0.1) is 0 Å². The molecule has 4 nitrogen and oxygen atoms in total. The van der Waals surface area contributed by atoms with Crippen LogP contribution in [0.3, 0.4) is 0 Å². The average Bonchev–Trinajstić information content (AvgIpc) is 2.51. The molecule has 0 atom stereocenters. The van der Waals surface area contributed by atoms with E-state index in [1.54, 1.807) is 18.2 Å². The number of carbonyl (C=O) groups excluding carboxylic acids is 2. The van der Waals surface area contributed by atoms with Crippen LogP contribution in [0.2, 0.25) is 5.02 Å². The van der Waals surface area contributed by atoms with Crippen LogP contribution in [0, 0.1) is 13.8 Å². The minimum Gasteiger partial charge on any atom is -0.343 e. The second kappa shape index (κ2) is 7.62. The highest BCUT2D eigenvalue weighted by Gasteiger charge is 2.13. The Hall–Kier alpha value is -1.85. The number of nitrogens with one attached hydrogen (secondary N) is 2. The van der Waals surface area contributed by atoms with Crippen LogP contribution in [0.5, 0.6) is 0 Å². The molecular formula is C17H16BrClN2O2. The second-order valence-corrected chi connectivity index (χ2v) is 6.44. The Morgan fingerprint density at radius 3 is 2.43 bits per heavy atom. The molecule has 0 bridgehead atoms. The summed E-state index contributed by atoms with van der Waals surface area (Å²) in [5, 5.41) is 5.72. The average molecular weight is 396 g/mol. The van der Waals surface area contributed by atoms with E-state index in [-0.39, 0.29) is 12.5 Å². The van der Waals surface area contributed by atoms with Gasteiger partial charge >= 0.3 is 0 Å². The Balaban J connectivity index is 1.99. The lowest BCUT2D eigenvalue weighted by Gasteiger charge is -2.12. The Morgan fingerprint density at radius 1 is 1.13 bits per heavy atom. The van der Waals surface area contributed by atoms with Crippen LogP contribution >= 0.6 is 27.5 Å². The molecule has 0 heterocycles. The standard InChI is InChI=1S/C17H16BrClN2O2/c1-10-4-3-5-11(2)16(10)21-15(22)9-20-17(23)13-8-12(18)6-7-14(13)19/h3-8H,9H2,1-2H3,(H,20,23)(H,21,22). The van der Waals surface area contributed by atoms with E-state index in [9.17, 15) is 9.59 Å². The predicted molar refractivity (Wildman–Crippen MR) is 96.0 cm³/mol. The fourth-order valence-corrected chi connectivity index (χ4v) is 2.69. The molecule has 2 aromatic carbocycles. The predicted octanol–water partition coefficient (Wildman–Crippen LogP) is 4.09. The topological polar surface area (TPSA) is 58.2 Å². The number of halogens is 2. The van der Waals surface area contributed by atoms with Gasteiger partial charge in [0.15, 0.2) is 0 Å². The van der Waals surface area contributed by atoms with E-state index in [4.69, 9.17) is 11.6 Å². The van der Waals surface area contributed by atoms with Crippen LogP contribution in [0.1, 0.15) is 21.5 Å². The minimum absolute atomic E-state index is 0.130. The number of carbonyl (C=O) groups is 2. The number of benzene rings is 2. The van der Waals surface area contributed by atoms with E-state index in [1.165, 1.54) is 0 Å². The molecule has 0 fully saturated rings. The quantitative estimate of drug-likeness (QED) is 0.819. The normalized spacial score (nSPS) is 10.3. The van der Waals surface area contributed by atoms with Crippen molar-refractivity contribution < 1.29 is 9.59 Å². The van der Waals surface area contributed by atoms with Crippen LogP contribution in [-0.2, 0) is 4.79 Å². The molecule has 2 aromatic rings. The highest BCUT2D eigenvalue weighted by Crippen LogP contribution is 2.21. The molecule has 0 radical (unpaired) electrons. The Labute approximate surface area is 148 Å². The number of rotatable bonds is 4. The first-order valence-corrected chi connectivity index (χ1v) is 8.15. The maximum Gasteiger partial charge on any atom is 0.253 e. The SMILES string of the molecule is Cc1cccc(C)c1NC(=O)CNC(=O)c1cc(Br)ccc1Cl. The molecule has 0 aliphatic carbocycles. The van der Waals surface area contributed by atoms with Gasteiger partial charge in [-0.1, -0.05) is 45.7 Å². The lowest BCUT2D eigenvalue weighted by molar-refractivity contribution is -0.115. The van der Waals surface area contributed by atoms with E-state index < -0.39 is 5.91 Å². The minimum atomic E-state index is -0.395. The first-order chi connectivity index (χ1) is 10.9. The van der Waals surface area contributed by atoms with Gasteiger partial charge in [0.1, 0.15) is 0 Å². The van der Waals surface area contributed by atoms with Crippen molar-refractivity contribution in [3.8, 4) is 0 Å². The van der Waals surface area contributed by atoms with E-state index >= 15 is 0 Å². The van der Waals surface area contributed by atoms with Crippen LogP contribution in [0.25, 0.3) is 0 Å². The van der Waals surface area contributed by atoms with Gasteiger partial charge in [-0.05, 0) is 43.2 Å². The summed E-state index contributed by atoms with van der Waals surface area (Å²) in [6.07, 6.45) is 0. The summed E-state index contributed by atoms with van der Waals surface area (Å²) >= 11 is 9.28. The summed E-state index contributed by atoms with van der Waals surface area (Å²) in [4.78, 5) is 24.1. The summed E-state index contributed by atoms with van der Waals surface area (Å²) in [5.41, 5.74) is 3.03. The highest BCUT2D eigenvalue weighted by atomic mass is 79.9. The van der Waals surface area contributed by atoms with Crippen molar-refractivity contribution in [3.05, 3.63) is 62.6 Å². The molecule has 2 amide bonds. The molecule has 0 saturated carbocycles. The maximum atomic E-state index is 12.1. The van der Waals surface area contributed by atoms with Crippen LogP contribution in [0.15, 0.2) is 40.9 Å². The van der Waals surface area contributed by atoms with Gasteiger partial charge in [-0.2, -0.15) is 0 Å². The van der Waals surface area contributed by atoms with Crippen LogP contribution in [0.4, 0.5) is 5.69 Å². The second-order valence-electron chi connectivity index (χ2n) is 5.12. The highest BCUT2D eigenvalue weighted by molar-refractivity contribution is 9.10. The van der Waals surface area contributed by atoms with E-state index in [0.29, 0.717) is 10.6 Å². The maximum absolute atomic E-state index is 12.1. The van der Waals surface area contributed by atoms with Gasteiger partial charge < -0.3 is 10.6 Å². The summed E-state index contributed by atoms with van der Waals surface area (Å²) in [6.45, 7) is 3.71. The van der Waals surface area contributed by atoms with Crippen molar-refractivity contribution in [2.45, 2.75) is 13.8 Å². The van der Waals surface area contributed by atoms with Crippen molar-refractivity contribution in [2.24, 2.45) is 0 Å². The van der Waals surface area contributed by atoms with Crippen molar-refractivity contribution in [2.75, 3.05) is 11.9 Å². The third-order valence-corrected chi connectivity index (χ3v) is 4.15. The lowest BCUT2D eigenvalue weighted by Crippen LogP contribution is -2.33.